The van der Waals surface area contributed by atoms with Crippen LogP contribution in [0, 0.1) is 23.7 Å². The maximum atomic E-state index is 14.3. The van der Waals surface area contributed by atoms with Gasteiger partial charge in [-0.25, -0.2) is 10.7 Å². The molecule has 0 bridgehead atoms. The first-order valence-corrected chi connectivity index (χ1v) is 41.0. The van der Waals surface area contributed by atoms with Crippen molar-refractivity contribution >= 4 is 119 Å². The SMILES string of the molecule is C=CCOC(=O)NOCC(=O)NCCCC[C@H](NC(=O)[C@H](CC(C)C)NC(=O)[C@H](CCC(=O)O)NC(=O)[C@H](CC(C)C)NC(=O)[C@H](CCC(=O)O)NC(=O)[C@H](C)NC(=O)[C@H](CCCCN)NC(=O)[C@H](C)NC(=O)[C@H](CCCCN)NC(=O)[C@H](CC(C)C)NC(=O)[C@H](C)NC(=O)[C@H](CC(C)C)NC(=O)[C@H](CCC(=O)O)NC(=O)[C@H](C)NC(=O)CON)C(N)=O. The summed E-state index contributed by atoms with van der Waals surface area (Å²) in [5.41, 5.74) is 19.1. The summed E-state index contributed by atoms with van der Waals surface area (Å²) in [6, 6.07) is -20.4. The first kappa shape index (κ1) is 112. The number of nitrogens with one attached hydrogen (secondary N) is 16. The molecule has 46 nitrogen and oxygen atoms in total. The van der Waals surface area contributed by atoms with Gasteiger partial charge in [0.2, 0.25) is 94.5 Å². The second-order valence-corrected chi connectivity index (χ2v) is 31.3. The molecular formula is C77H134N20O26. The molecule has 0 aliphatic carbocycles. The van der Waals surface area contributed by atoms with E-state index >= 15 is 0 Å². The summed E-state index contributed by atoms with van der Waals surface area (Å²) in [4.78, 5) is 275. The molecule has 0 fully saturated rings. The summed E-state index contributed by atoms with van der Waals surface area (Å²) >= 11 is 0. The molecule has 0 saturated heterocycles. The number of carboxylic acids is 3. The van der Waals surface area contributed by atoms with Crippen LogP contribution in [0.2, 0.25) is 0 Å². The average Bonchev–Trinajstić information content (AvgIpc) is 0.923. The van der Waals surface area contributed by atoms with E-state index < -0.39 is 261 Å². The molecule has 0 saturated carbocycles. The number of rotatable bonds is 65. The molecule has 0 aliphatic rings. The summed E-state index contributed by atoms with van der Waals surface area (Å²) in [6.07, 6.45) is -1.95. The van der Waals surface area contributed by atoms with E-state index in [1.165, 1.54) is 33.8 Å². The Morgan fingerprint density at radius 3 is 0.911 bits per heavy atom. The van der Waals surface area contributed by atoms with Gasteiger partial charge in [-0.15, -0.1) is 0 Å². The second kappa shape index (κ2) is 61.1. The number of primary amides is 1. The van der Waals surface area contributed by atoms with Gasteiger partial charge in [0.25, 0.3) is 0 Å². The van der Waals surface area contributed by atoms with Gasteiger partial charge in [-0.2, -0.15) is 5.48 Å². The minimum absolute atomic E-state index is 0.0133. The average molecular weight is 1760 g/mol. The Hall–Kier alpha value is -11.3. The number of carboxylic acid groups (broad SMARTS) is 3. The van der Waals surface area contributed by atoms with Crippen LogP contribution < -0.4 is 108 Å². The fourth-order valence-corrected chi connectivity index (χ4v) is 11.7. The lowest BCUT2D eigenvalue weighted by molar-refractivity contribution is -0.139. The number of hydroxylamine groups is 1. The fraction of sp³-hybridized carbons (Fsp3) is 0.714. The molecule has 0 aliphatic heterocycles. The Kier molecular flexibility index (Phi) is 55.5. The van der Waals surface area contributed by atoms with Crippen molar-refractivity contribution in [2.24, 2.45) is 46.8 Å². The van der Waals surface area contributed by atoms with E-state index in [-0.39, 0.29) is 115 Å². The molecular weight excluding hydrogens is 1620 g/mol. The van der Waals surface area contributed by atoms with Crippen LogP contribution in [0.25, 0.3) is 0 Å². The molecule has 123 heavy (non-hydrogen) atoms. The standard InChI is InChI=1S/C77H134N20O26/c1-14-33-121-77(120)97-123-39-58(98)82-32-20-17-21-48(63(80)106)87-74(117)56(36-42(6)7)95-72(115)53(26-29-62(104)105)92-76(119)57(37-43(8)9)96-71(114)52(25-28-61(102)103)90-66(109)46(12)84-68(111)49(22-15-18-30-78)88-65(108)45(11)85-69(112)50(23-16-19-31-79)91-75(118)55(35-41(4)5)93-67(110)47(13)86-73(116)54(34-40(2)3)94-70(113)51(24-27-60(100)101)89-64(107)44(10)83-59(99)38-122-81/h14,40-57H,1,15-39,78-79,81H2,2-13H3,(H2,80,106)(H,82,98)(H,83,99)(H,84,111)(H,85,112)(H,86,116)(H,87,117)(H,88,108)(H,89,107)(H,90,109)(H,91,118)(H,92,119)(H,93,110)(H,94,113)(H,95,115)(H,96,114)(H,97,120)(H,100,101)(H,102,103)(H,104,105)/t44-,45-,46-,47-,48-,49-,50-,51-,52-,53-,54-,55-,56-,57-/m0/s1. The molecule has 0 rings (SSSR count). The van der Waals surface area contributed by atoms with E-state index in [0.29, 0.717) is 12.8 Å². The molecule has 0 aromatic carbocycles. The van der Waals surface area contributed by atoms with Gasteiger partial charge in [0.15, 0.2) is 6.61 Å². The molecule has 46 heteroatoms. The van der Waals surface area contributed by atoms with Crippen LogP contribution in [-0.2, 0) is 106 Å². The molecule has 0 aromatic heterocycles. The van der Waals surface area contributed by atoms with E-state index in [2.05, 4.69) is 95.9 Å². The van der Waals surface area contributed by atoms with Gasteiger partial charge in [-0.1, -0.05) is 68.0 Å². The first-order valence-electron chi connectivity index (χ1n) is 41.0. The highest BCUT2D eigenvalue weighted by Crippen LogP contribution is 2.16. The van der Waals surface area contributed by atoms with Gasteiger partial charge in [0.05, 0.1) is 0 Å². The molecule has 0 heterocycles. The number of amides is 17. The van der Waals surface area contributed by atoms with E-state index in [1.54, 1.807) is 55.4 Å². The lowest BCUT2D eigenvalue weighted by Gasteiger charge is -2.28. The minimum Gasteiger partial charge on any atom is -0.481 e. The number of unbranched alkanes of at least 4 members (excludes halogenated alkanes) is 3. The number of nitrogens with two attached hydrogens (primary N) is 4. The van der Waals surface area contributed by atoms with Crippen molar-refractivity contribution in [3.63, 3.8) is 0 Å². The van der Waals surface area contributed by atoms with E-state index in [1.807, 2.05) is 5.48 Å². The van der Waals surface area contributed by atoms with E-state index in [0.717, 1.165) is 0 Å². The van der Waals surface area contributed by atoms with Crippen LogP contribution >= 0.6 is 0 Å². The predicted molar refractivity (Wildman–Crippen MR) is 441 cm³/mol. The molecule has 14 atom stereocenters. The summed E-state index contributed by atoms with van der Waals surface area (Å²) in [7, 11) is 0. The lowest BCUT2D eigenvalue weighted by Crippen LogP contribution is -2.60. The molecule has 17 amide bonds. The highest BCUT2D eigenvalue weighted by Gasteiger charge is 2.38. The first-order chi connectivity index (χ1) is 57.7. The van der Waals surface area contributed by atoms with Gasteiger partial charge in [-0.05, 0) is 167 Å². The summed E-state index contributed by atoms with van der Waals surface area (Å²) in [5.74, 6) is -15.2. The second-order valence-electron chi connectivity index (χ2n) is 31.3. The number of hydrogen-bond donors (Lipinski definition) is 23. The minimum atomic E-state index is -1.74. The highest BCUT2D eigenvalue weighted by atomic mass is 16.7. The fourth-order valence-electron chi connectivity index (χ4n) is 11.7. The van der Waals surface area contributed by atoms with E-state index in [9.17, 15) is 111 Å². The Morgan fingerprint density at radius 2 is 0.602 bits per heavy atom. The Bertz CT molecular complexity index is 3510. The van der Waals surface area contributed by atoms with Crippen LogP contribution in [-0.4, -0.2) is 258 Å². The summed E-state index contributed by atoms with van der Waals surface area (Å²) in [6.45, 7) is 21.2. The zero-order valence-electron chi connectivity index (χ0n) is 72.4. The smallest absolute Gasteiger partial charge is 0.431 e. The molecule has 27 N–H and O–H groups in total. The van der Waals surface area contributed by atoms with E-state index in [4.69, 9.17) is 27.9 Å². The molecule has 0 aromatic rings. The van der Waals surface area contributed by atoms with Crippen molar-refractivity contribution in [1.82, 2.24) is 85.2 Å². The van der Waals surface area contributed by atoms with Crippen molar-refractivity contribution in [2.45, 2.75) is 290 Å². The van der Waals surface area contributed by atoms with Crippen LogP contribution in [0.3, 0.4) is 0 Å². The van der Waals surface area contributed by atoms with Crippen molar-refractivity contribution in [3.05, 3.63) is 12.7 Å². The van der Waals surface area contributed by atoms with Crippen LogP contribution in [0.4, 0.5) is 4.79 Å². The number of aliphatic carboxylic acids is 3. The monoisotopic (exact) mass is 1750 g/mol. The maximum Gasteiger partial charge on any atom is 0.431 e. The van der Waals surface area contributed by atoms with Gasteiger partial charge in [0, 0.05) is 25.8 Å². The van der Waals surface area contributed by atoms with Gasteiger partial charge < -0.3 is 117 Å². The molecule has 698 valence electrons. The van der Waals surface area contributed by atoms with Crippen molar-refractivity contribution < 1.29 is 126 Å². The third-order valence-corrected chi connectivity index (χ3v) is 18.2. The Balaban J connectivity index is 6.69. The van der Waals surface area contributed by atoms with Crippen LogP contribution in [0.15, 0.2) is 12.7 Å². The number of ether oxygens (including phenoxy) is 1. The van der Waals surface area contributed by atoms with Crippen LogP contribution in [0.5, 0.6) is 0 Å². The molecule has 0 spiro atoms. The predicted octanol–water partition coefficient (Wildman–Crippen LogP) is -4.60. The number of carbonyl (C=O) groups is 20. The molecule has 0 radical (unpaired) electrons. The topological polar surface area (TPSA) is 726 Å². The summed E-state index contributed by atoms with van der Waals surface area (Å²) in [5, 5.41) is 66.2. The van der Waals surface area contributed by atoms with Crippen molar-refractivity contribution in [1.29, 1.82) is 0 Å². The number of hydrogen-bond acceptors (Lipinski definition) is 26. The third kappa shape index (κ3) is 49.4. The van der Waals surface area contributed by atoms with Crippen LogP contribution in [0.1, 0.15) is 205 Å². The van der Waals surface area contributed by atoms with Crippen molar-refractivity contribution in [2.75, 3.05) is 39.5 Å². The molecule has 0 unspecified atom stereocenters. The highest BCUT2D eigenvalue weighted by molar-refractivity contribution is 6.00. The van der Waals surface area contributed by atoms with Crippen molar-refractivity contribution in [3.8, 4) is 0 Å². The van der Waals surface area contributed by atoms with Gasteiger partial charge in [0.1, 0.15) is 97.8 Å². The zero-order valence-corrected chi connectivity index (χ0v) is 72.4. The largest absolute Gasteiger partial charge is 0.481 e. The third-order valence-electron chi connectivity index (χ3n) is 18.2. The zero-order chi connectivity index (χ0) is 93.8. The Labute approximate surface area is 715 Å². The normalized spacial score (nSPS) is 14.5. The Morgan fingerprint density at radius 1 is 0.333 bits per heavy atom. The van der Waals surface area contributed by atoms with Gasteiger partial charge >= 0.3 is 24.0 Å². The van der Waals surface area contributed by atoms with Gasteiger partial charge in [-0.3, -0.25) is 101 Å². The number of carbonyl (C=O) groups excluding carboxylic acids is 17. The summed E-state index contributed by atoms with van der Waals surface area (Å²) < 4.78 is 4.66. The maximum absolute atomic E-state index is 14.3. The lowest BCUT2D eigenvalue weighted by atomic mass is 10.00. The quantitative estimate of drug-likeness (QED) is 0.0155.